The van der Waals surface area contributed by atoms with E-state index in [2.05, 4.69) is 22.6 Å². The van der Waals surface area contributed by atoms with Crippen molar-refractivity contribution in [1.82, 2.24) is 15.5 Å². The molecule has 2 amide bonds. The Morgan fingerprint density at radius 2 is 2.05 bits per heavy atom. The van der Waals surface area contributed by atoms with E-state index in [1.807, 2.05) is 13.8 Å². The highest BCUT2D eigenvalue weighted by atomic mass is 16.4. The molecule has 0 bridgehead atoms. The molecule has 1 atom stereocenters. The number of carboxylic acid groups (broad SMARTS) is 1. The number of likely N-dealkylation sites (N-methyl/N-ethyl adjacent to an activating group) is 1. The summed E-state index contributed by atoms with van der Waals surface area (Å²) in [6.45, 7) is 6.63. The molecule has 0 aromatic heterocycles. The van der Waals surface area contributed by atoms with Gasteiger partial charge in [0.1, 0.15) is 0 Å². The number of hydrogen-bond acceptors (Lipinski definition) is 3. The first-order chi connectivity index (χ1) is 9.78. The van der Waals surface area contributed by atoms with Crippen molar-refractivity contribution in [2.24, 2.45) is 5.41 Å². The Bertz CT molecular complexity index is 358. The van der Waals surface area contributed by atoms with Crippen LogP contribution >= 0.6 is 0 Å². The highest BCUT2D eigenvalue weighted by molar-refractivity contribution is 5.74. The number of likely N-dealkylation sites (tertiary alicyclic amines) is 1. The van der Waals surface area contributed by atoms with Crippen LogP contribution in [0.25, 0.3) is 0 Å². The molecule has 1 saturated heterocycles. The first-order valence-electron chi connectivity index (χ1n) is 7.73. The van der Waals surface area contributed by atoms with Crippen LogP contribution in [0.5, 0.6) is 0 Å². The van der Waals surface area contributed by atoms with Gasteiger partial charge in [-0.25, -0.2) is 4.79 Å². The minimum absolute atomic E-state index is 0.0727. The Labute approximate surface area is 127 Å². The van der Waals surface area contributed by atoms with Gasteiger partial charge in [-0.15, -0.1) is 0 Å². The van der Waals surface area contributed by atoms with Crippen molar-refractivity contribution in [2.45, 2.75) is 52.0 Å². The number of rotatable bonds is 7. The molecule has 1 fully saturated rings. The zero-order chi connectivity index (χ0) is 15.9. The second-order valence-electron chi connectivity index (χ2n) is 6.81. The fraction of sp³-hybridized carbons (Fsp3) is 0.867. The number of carbonyl (C=O) groups excluding carboxylic acids is 1. The Morgan fingerprint density at radius 3 is 2.67 bits per heavy atom. The summed E-state index contributed by atoms with van der Waals surface area (Å²) in [5.41, 5.74) is -0.0727. The third kappa shape index (κ3) is 7.90. The zero-order valence-electron chi connectivity index (χ0n) is 13.4. The van der Waals surface area contributed by atoms with Crippen molar-refractivity contribution in [3.8, 4) is 0 Å². The summed E-state index contributed by atoms with van der Waals surface area (Å²) in [4.78, 5) is 24.7. The third-order valence-corrected chi connectivity index (χ3v) is 4.06. The van der Waals surface area contributed by atoms with E-state index in [0.29, 0.717) is 13.0 Å². The van der Waals surface area contributed by atoms with E-state index in [0.717, 1.165) is 32.4 Å². The number of carboxylic acids is 1. The van der Waals surface area contributed by atoms with Crippen molar-refractivity contribution in [3.05, 3.63) is 0 Å². The Morgan fingerprint density at radius 1 is 1.33 bits per heavy atom. The predicted molar refractivity (Wildman–Crippen MR) is 82.3 cm³/mol. The number of carbonyl (C=O) groups is 2. The van der Waals surface area contributed by atoms with Crippen molar-refractivity contribution >= 4 is 12.0 Å². The second kappa shape index (κ2) is 8.22. The van der Waals surface area contributed by atoms with Crippen LogP contribution in [-0.2, 0) is 4.79 Å². The summed E-state index contributed by atoms with van der Waals surface area (Å²) in [5.74, 6) is -0.768. The Hall–Kier alpha value is -1.30. The number of aliphatic carboxylic acids is 1. The highest BCUT2D eigenvalue weighted by Crippen LogP contribution is 2.25. The topological polar surface area (TPSA) is 81.7 Å². The summed E-state index contributed by atoms with van der Waals surface area (Å²) in [6, 6.07) is 0.105. The van der Waals surface area contributed by atoms with Gasteiger partial charge in [-0.05, 0) is 44.7 Å². The molecule has 0 aromatic carbocycles. The van der Waals surface area contributed by atoms with E-state index in [4.69, 9.17) is 5.11 Å². The first-order valence-corrected chi connectivity index (χ1v) is 7.73. The summed E-state index contributed by atoms with van der Waals surface area (Å²) in [7, 11) is 2.07. The smallest absolute Gasteiger partial charge is 0.315 e. The Balaban J connectivity index is 2.19. The quantitative estimate of drug-likeness (QED) is 0.668. The molecule has 0 saturated carbocycles. The largest absolute Gasteiger partial charge is 0.481 e. The van der Waals surface area contributed by atoms with Gasteiger partial charge in [0.25, 0.3) is 0 Å². The van der Waals surface area contributed by atoms with E-state index in [-0.39, 0.29) is 23.9 Å². The van der Waals surface area contributed by atoms with Crippen LogP contribution in [0, 0.1) is 5.41 Å². The van der Waals surface area contributed by atoms with Gasteiger partial charge >= 0.3 is 12.0 Å². The van der Waals surface area contributed by atoms with Gasteiger partial charge in [-0.3, -0.25) is 4.79 Å². The number of urea groups is 1. The maximum atomic E-state index is 11.8. The summed E-state index contributed by atoms with van der Waals surface area (Å²) >= 11 is 0. The summed E-state index contributed by atoms with van der Waals surface area (Å²) < 4.78 is 0. The number of nitrogens with one attached hydrogen (secondary N) is 2. The van der Waals surface area contributed by atoms with Crippen molar-refractivity contribution in [2.75, 3.05) is 26.7 Å². The SMILES string of the molecule is CN1CCCC(NC(=O)NCCC(C)(C)CCC(=O)O)C1. The normalized spacial score (nSPS) is 20.0. The molecule has 0 spiro atoms. The molecule has 122 valence electrons. The lowest BCUT2D eigenvalue weighted by atomic mass is 9.84. The van der Waals surface area contributed by atoms with Gasteiger partial charge < -0.3 is 20.6 Å². The monoisotopic (exact) mass is 299 g/mol. The molecular weight excluding hydrogens is 270 g/mol. The zero-order valence-corrected chi connectivity index (χ0v) is 13.4. The van der Waals surface area contributed by atoms with Crippen LogP contribution in [-0.4, -0.2) is 54.7 Å². The summed E-state index contributed by atoms with van der Waals surface area (Å²) in [5, 5.41) is 14.6. The predicted octanol–water partition coefficient (Wildman–Crippen LogP) is 1.66. The molecule has 0 aliphatic carbocycles. The molecule has 1 unspecified atom stereocenters. The first kappa shape index (κ1) is 17.8. The molecule has 6 nitrogen and oxygen atoms in total. The van der Waals surface area contributed by atoms with Crippen LogP contribution in [0.4, 0.5) is 4.79 Å². The molecule has 1 aliphatic heterocycles. The standard InChI is InChI=1S/C15H29N3O3/c1-15(2,7-6-13(19)20)8-9-16-14(21)17-12-5-4-10-18(3)11-12/h12H,4-11H2,1-3H3,(H,19,20)(H2,16,17,21). The number of nitrogens with zero attached hydrogens (tertiary/aromatic N) is 1. The summed E-state index contributed by atoms with van der Waals surface area (Å²) in [6.07, 6.45) is 3.72. The van der Waals surface area contributed by atoms with Crippen LogP contribution in [0.1, 0.15) is 46.0 Å². The second-order valence-corrected chi connectivity index (χ2v) is 6.81. The van der Waals surface area contributed by atoms with Gasteiger partial charge in [0, 0.05) is 25.6 Å². The van der Waals surface area contributed by atoms with Gasteiger partial charge in [0.15, 0.2) is 0 Å². The fourth-order valence-corrected chi connectivity index (χ4v) is 2.61. The minimum Gasteiger partial charge on any atom is -0.481 e. The average Bonchev–Trinajstić information content (AvgIpc) is 2.36. The fourth-order valence-electron chi connectivity index (χ4n) is 2.61. The van der Waals surface area contributed by atoms with Crippen LogP contribution in [0.2, 0.25) is 0 Å². The molecule has 21 heavy (non-hydrogen) atoms. The molecule has 0 aromatic rings. The number of amides is 2. The lowest BCUT2D eigenvalue weighted by Crippen LogP contribution is -2.49. The lowest BCUT2D eigenvalue weighted by Gasteiger charge is -2.30. The van der Waals surface area contributed by atoms with Crippen LogP contribution < -0.4 is 10.6 Å². The van der Waals surface area contributed by atoms with E-state index in [1.165, 1.54) is 0 Å². The van der Waals surface area contributed by atoms with Crippen molar-refractivity contribution in [1.29, 1.82) is 0 Å². The van der Waals surface area contributed by atoms with Gasteiger partial charge in [-0.2, -0.15) is 0 Å². The van der Waals surface area contributed by atoms with Crippen LogP contribution in [0.3, 0.4) is 0 Å². The van der Waals surface area contributed by atoms with E-state index in [1.54, 1.807) is 0 Å². The highest BCUT2D eigenvalue weighted by Gasteiger charge is 2.21. The molecular formula is C15H29N3O3. The maximum absolute atomic E-state index is 11.8. The minimum atomic E-state index is -0.768. The maximum Gasteiger partial charge on any atom is 0.315 e. The third-order valence-electron chi connectivity index (χ3n) is 4.06. The van der Waals surface area contributed by atoms with E-state index >= 15 is 0 Å². The molecule has 1 rings (SSSR count). The van der Waals surface area contributed by atoms with Gasteiger partial charge in [0.05, 0.1) is 0 Å². The van der Waals surface area contributed by atoms with Gasteiger partial charge in [0.2, 0.25) is 0 Å². The van der Waals surface area contributed by atoms with E-state index < -0.39 is 5.97 Å². The molecule has 6 heteroatoms. The van der Waals surface area contributed by atoms with Crippen LogP contribution in [0.15, 0.2) is 0 Å². The number of piperidine rings is 1. The molecule has 0 radical (unpaired) electrons. The van der Waals surface area contributed by atoms with Crippen molar-refractivity contribution in [3.63, 3.8) is 0 Å². The van der Waals surface area contributed by atoms with E-state index in [9.17, 15) is 9.59 Å². The molecule has 3 N–H and O–H groups in total. The average molecular weight is 299 g/mol. The number of hydrogen-bond donors (Lipinski definition) is 3. The molecule has 1 heterocycles. The Kier molecular flexibility index (Phi) is 6.95. The molecule has 1 aliphatic rings. The lowest BCUT2D eigenvalue weighted by molar-refractivity contribution is -0.137. The van der Waals surface area contributed by atoms with Gasteiger partial charge in [-0.1, -0.05) is 13.8 Å². The van der Waals surface area contributed by atoms with Crippen molar-refractivity contribution < 1.29 is 14.7 Å².